The molecule has 2 saturated heterocycles. The Hall–Kier alpha value is -1.93. The molecule has 0 spiro atoms. The van der Waals surface area contributed by atoms with Crippen molar-refractivity contribution >= 4 is 21.9 Å². The summed E-state index contributed by atoms with van der Waals surface area (Å²) < 4.78 is 32.1. The molecule has 3 rings (SSSR count). The average Bonchev–Trinajstić information content (AvgIpc) is 2.76. The number of carbonyl (C=O) groups is 2. The Morgan fingerprint density at radius 3 is 2.23 bits per heavy atom. The first-order valence-corrected chi connectivity index (χ1v) is 12.7. The van der Waals surface area contributed by atoms with Crippen molar-refractivity contribution in [2.75, 3.05) is 32.8 Å². The maximum Gasteiger partial charge on any atom is 0.306 e. The van der Waals surface area contributed by atoms with Crippen molar-refractivity contribution in [2.24, 2.45) is 11.8 Å². The first kappa shape index (κ1) is 23.7. The minimum absolute atomic E-state index is 0.140. The fourth-order valence-corrected chi connectivity index (χ4v) is 6.02. The smallest absolute Gasteiger partial charge is 0.306 e. The molecule has 0 aliphatic carbocycles. The molecule has 2 aliphatic rings. The molecule has 2 heterocycles. The highest BCUT2D eigenvalue weighted by molar-refractivity contribution is 7.89. The summed E-state index contributed by atoms with van der Waals surface area (Å²) in [6, 6.07) is 6.69. The van der Waals surface area contributed by atoms with Gasteiger partial charge in [0, 0.05) is 32.6 Å². The van der Waals surface area contributed by atoms with E-state index in [2.05, 4.69) is 13.8 Å². The number of hydrogen-bond donors (Lipinski definition) is 0. The van der Waals surface area contributed by atoms with Crippen molar-refractivity contribution in [3.05, 3.63) is 29.8 Å². The molecule has 31 heavy (non-hydrogen) atoms. The van der Waals surface area contributed by atoms with Crippen LogP contribution in [-0.2, 0) is 30.8 Å². The van der Waals surface area contributed by atoms with Crippen LogP contribution in [0.15, 0.2) is 29.2 Å². The Bertz CT molecular complexity index is 852. The minimum Gasteiger partial charge on any atom is -0.456 e. The van der Waals surface area contributed by atoms with Gasteiger partial charge in [-0.2, -0.15) is 4.31 Å². The Kier molecular flexibility index (Phi) is 8.11. The number of amides is 1. The lowest BCUT2D eigenvalue weighted by atomic mass is 9.92. The number of aryl methyl sites for hydroxylation is 1. The number of rotatable bonds is 7. The fraction of sp³-hybridized carbons (Fsp3) is 0.652. The summed E-state index contributed by atoms with van der Waals surface area (Å²) in [5, 5.41) is 0. The van der Waals surface area contributed by atoms with Gasteiger partial charge in [-0.3, -0.25) is 9.59 Å². The predicted octanol–water partition coefficient (Wildman–Crippen LogP) is 2.84. The third-order valence-corrected chi connectivity index (χ3v) is 7.99. The van der Waals surface area contributed by atoms with E-state index in [4.69, 9.17) is 4.74 Å². The van der Waals surface area contributed by atoms with Gasteiger partial charge in [0.05, 0.1) is 4.90 Å². The van der Waals surface area contributed by atoms with E-state index in [1.807, 2.05) is 0 Å². The molecule has 2 atom stereocenters. The Balaban J connectivity index is 1.44. The van der Waals surface area contributed by atoms with Crippen LogP contribution in [0.5, 0.6) is 0 Å². The van der Waals surface area contributed by atoms with E-state index in [9.17, 15) is 18.0 Å². The lowest BCUT2D eigenvalue weighted by Crippen LogP contribution is -2.44. The van der Waals surface area contributed by atoms with Gasteiger partial charge in [0.25, 0.3) is 5.91 Å². The van der Waals surface area contributed by atoms with E-state index in [1.54, 1.807) is 33.5 Å². The molecule has 1 aromatic carbocycles. The van der Waals surface area contributed by atoms with Gasteiger partial charge in [-0.15, -0.1) is 0 Å². The van der Waals surface area contributed by atoms with E-state index in [-0.39, 0.29) is 23.8 Å². The van der Waals surface area contributed by atoms with Crippen LogP contribution in [0.4, 0.5) is 0 Å². The maximum atomic E-state index is 12.7. The van der Waals surface area contributed by atoms with Gasteiger partial charge in [0.2, 0.25) is 10.0 Å². The van der Waals surface area contributed by atoms with Gasteiger partial charge in [-0.1, -0.05) is 32.4 Å². The van der Waals surface area contributed by atoms with Crippen LogP contribution in [-0.4, -0.2) is 62.3 Å². The monoisotopic (exact) mass is 450 g/mol. The molecule has 0 N–H and O–H groups in total. The highest BCUT2D eigenvalue weighted by Crippen LogP contribution is 2.22. The molecular formula is C23H34N2O5S. The average molecular weight is 451 g/mol. The lowest BCUT2D eigenvalue weighted by Gasteiger charge is -2.34. The van der Waals surface area contributed by atoms with E-state index in [0.717, 1.165) is 31.2 Å². The van der Waals surface area contributed by atoms with E-state index >= 15 is 0 Å². The summed E-state index contributed by atoms with van der Waals surface area (Å²) in [6.45, 7) is 6.62. The van der Waals surface area contributed by atoms with E-state index < -0.39 is 16.0 Å². The normalized spacial score (nSPS) is 22.8. The molecule has 1 amide bonds. The number of benzene rings is 1. The number of likely N-dealkylation sites (tertiary alicyclic amines) is 1. The lowest BCUT2D eigenvalue weighted by molar-refractivity contribution is -0.153. The maximum absolute atomic E-state index is 12.7. The molecule has 1 aromatic rings. The van der Waals surface area contributed by atoms with Gasteiger partial charge < -0.3 is 9.64 Å². The van der Waals surface area contributed by atoms with Crippen molar-refractivity contribution in [1.29, 1.82) is 0 Å². The summed E-state index contributed by atoms with van der Waals surface area (Å²) in [5.74, 6) is 0.366. The third kappa shape index (κ3) is 6.53. The molecular weight excluding hydrogens is 416 g/mol. The summed E-state index contributed by atoms with van der Waals surface area (Å²) in [4.78, 5) is 26.5. The second-order valence-electron chi connectivity index (χ2n) is 9.01. The minimum atomic E-state index is -3.45. The van der Waals surface area contributed by atoms with Gasteiger partial charge in [-0.05, 0) is 55.2 Å². The van der Waals surface area contributed by atoms with Gasteiger partial charge in [-0.25, -0.2) is 8.42 Å². The number of carbonyl (C=O) groups excluding carboxylic acids is 2. The Morgan fingerprint density at radius 2 is 1.61 bits per heavy atom. The number of sulfonamides is 1. The second kappa shape index (κ2) is 10.6. The van der Waals surface area contributed by atoms with E-state index in [0.29, 0.717) is 44.4 Å². The van der Waals surface area contributed by atoms with Crippen LogP contribution >= 0.6 is 0 Å². The Morgan fingerprint density at radius 1 is 1.00 bits per heavy atom. The molecule has 7 nitrogen and oxygen atoms in total. The Labute approximate surface area is 185 Å². The first-order chi connectivity index (χ1) is 14.8. The van der Waals surface area contributed by atoms with Gasteiger partial charge in [0.15, 0.2) is 6.61 Å². The highest BCUT2D eigenvalue weighted by Gasteiger charge is 2.27. The molecule has 2 aliphatic heterocycles. The molecule has 172 valence electrons. The zero-order valence-electron chi connectivity index (χ0n) is 18.6. The first-order valence-electron chi connectivity index (χ1n) is 11.3. The molecule has 0 radical (unpaired) electrons. The van der Waals surface area contributed by atoms with Crippen LogP contribution in [0.3, 0.4) is 0 Å². The standard InChI is InChI=1S/C23H34N2O5S/c1-18-14-19(2)16-24(15-18)22(26)17-30-23(27)11-8-20-6-9-21(10-7-20)31(28,29)25-12-4-3-5-13-25/h6-7,9-10,18-19H,3-5,8,11-17H2,1-2H3. The molecule has 0 bridgehead atoms. The molecule has 2 unspecified atom stereocenters. The summed E-state index contributed by atoms with van der Waals surface area (Å²) in [5.41, 5.74) is 0.861. The third-order valence-electron chi connectivity index (χ3n) is 6.07. The van der Waals surface area contributed by atoms with Gasteiger partial charge >= 0.3 is 5.97 Å². The van der Waals surface area contributed by atoms with Crippen molar-refractivity contribution in [1.82, 2.24) is 9.21 Å². The van der Waals surface area contributed by atoms with Crippen molar-refractivity contribution in [2.45, 2.75) is 57.3 Å². The summed E-state index contributed by atoms with van der Waals surface area (Å²) >= 11 is 0. The largest absolute Gasteiger partial charge is 0.456 e. The molecule has 8 heteroatoms. The number of ether oxygens (including phenoxy) is 1. The topological polar surface area (TPSA) is 84.0 Å². The van der Waals surface area contributed by atoms with Crippen molar-refractivity contribution < 1.29 is 22.7 Å². The number of hydrogen-bond acceptors (Lipinski definition) is 5. The van der Waals surface area contributed by atoms with Crippen LogP contribution in [0.1, 0.15) is 51.5 Å². The zero-order chi connectivity index (χ0) is 22.4. The van der Waals surface area contributed by atoms with Crippen LogP contribution in [0, 0.1) is 11.8 Å². The van der Waals surface area contributed by atoms with Crippen LogP contribution < -0.4 is 0 Å². The predicted molar refractivity (Wildman–Crippen MR) is 118 cm³/mol. The quantitative estimate of drug-likeness (QED) is 0.597. The number of esters is 1. The summed E-state index contributed by atoms with van der Waals surface area (Å²) in [6.07, 6.45) is 4.58. The fourth-order valence-electron chi connectivity index (χ4n) is 4.50. The second-order valence-corrected chi connectivity index (χ2v) is 11.0. The number of piperidine rings is 2. The molecule has 0 saturated carbocycles. The van der Waals surface area contributed by atoms with Gasteiger partial charge in [0.1, 0.15) is 0 Å². The zero-order valence-corrected chi connectivity index (χ0v) is 19.4. The SMILES string of the molecule is CC1CC(C)CN(C(=O)COC(=O)CCc2ccc(S(=O)(=O)N3CCCCC3)cc2)C1. The van der Waals surface area contributed by atoms with Crippen LogP contribution in [0.2, 0.25) is 0 Å². The number of nitrogens with zero attached hydrogens (tertiary/aromatic N) is 2. The molecule has 2 fully saturated rings. The van der Waals surface area contributed by atoms with Crippen molar-refractivity contribution in [3.8, 4) is 0 Å². The van der Waals surface area contributed by atoms with E-state index in [1.165, 1.54) is 0 Å². The van der Waals surface area contributed by atoms with Crippen LogP contribution in [0.25, 0.3) is 0 Å². The highest BCUT2D eigenvalue weighted by atomic mass is 32.2. The van der Waals surface area contributed by atoms with Crippen molar-refractivity contribution in [3.63, 3.8) is 0 Å². The summed E-state index contributed by atoms with van der Waals surface area (Å²) in [7, 11) is -3.45. The molecule has 0 aromatic heterocycles.